The van der Waals surface area contributed by atoms with Crippen LogP contribution in [0.2, 0.25) is 0 Å². The summed E-state index contributed by atoms with van der Waals surface area (Å²) >= 11 is 0. The number of nitrogens with one attached hydrogen (secondary N) is 3. The zero-order chi connectivity index (χ0) is 29.4. The lowest BCUT2D eigenvalue weighted by Gasteiger charge is -2.44. The zero-order valence-corrected chi connectivity index (χ0v) is 23.8. The van der Waals surface area contributed by atoms with Gasteiger partial charge >= 0.3 is 0 Å². The second-order valence-electron chi connectivity index (χ2n) is 12.0. The molecule has 0 bridgehead atoms. The molecule has 0 aromatic heterocycles. The Kier molecular flexibility index (Phi) is 12.5. The minimum absolute atomic E-state index is 0.101. The molecule has 3 saturated heterocycles. The first kappa shape index (κ1) is 32.9. The van der Waals surface area contributed by atoms with Gasteiger partial charge in [0.15, 0.2) is 12.6 Å². The number of carbonyl (C=O) groups is 1. The van der Waals surface area contributed by atoms with Crippen LogP contribution in [0.3, 0.4) is 0 Å². The molecule has 7 unspecified atom stereocenters. The Morgan fingerprint density at radius 1 is 1.12 bits per heavy atom. The van der Waals surface area contributed by atoms with E-state index in [1.54, 1.807) is 0 Å². The van der Waals surface area contributed by atoms with Crippen LogP contribution in [-0.2, 0) is 23.7 Å². The molecule has 14 heteroatoms. The van der Waals surface area contributed by atoms with Gasteiger partial charge in [-0.25, -0.2) is 4.39 Å². The quantitative estimate of drug-likeness (QED) is 0.119. The molecule has 41 heavy (non-hydrogen) atoms. The summed E-state index contributed by atoms with van der Waals surface area (Å²) in [6.45, 7) is 1.98. The predicted molar refractivity (Wildman–Crippen MR) is 146 cm³/mol. The largest absolute Gasteiger partial charge is 0.394 e. The van der Waals surface area contributed by atoms with Gasteiger partial charge in [0.05, 0.1) is 43.0 Å². The lowest BCUT2D eigenvalue weighted by atomic mass is 9.86. The average Bonchev–Trinajstić information content (AvgIpc) is 3.40. The van der Waals surface area contributed by atoms with Crippen LogP contribution >= 0.6 is 0 Å². The second kappa shape index (κ2) is 15.6. The number of carbonyl (C=O) groups excluding carboxylic acids is 1. The summed E-state index contributed by atoms with van der Waals surface area (Å²) in [5.74, 6) is -0.440. The van der Waals surface area contributed by atoms with E-state index in [1.165, 1.54) is 0 Å². The van der Waals surface area contributed by atoms with Crippen LogP contribution in [0.15, 0.2) is 0 Å². The SMILES string of the molecule is NCC(F)CC(=O)NC1CC(N)[C@@H](O[C@@H]2CC[C@H](O)C(CNCC3(O)CCNCC3)O2)C(OC2CCC(CO)O2)C1. The highest BCUT2D eigenvalue weighted by Gasteiger charge is 2.43. The molecule has 10 atom stereocenters. The van der Waals surface area contributed by atoms with Crippen molar-refractivity contribution < 1.29 is 43.5 Å². The molecule has 0 radical (unpaired) electrons. The van der Waals surface area contributed by atoms with E-state index in [4.69, 9.17) is 30.4 Å². The first-order chi connectivity index (χ1) is 19.7. The van der Waals surface area contributed by atoms with E-state index in [9.17, 15) is 24.5 Å². The fourth-order valence-electron chi connectivity index (χ4n) is 6.18. The minimum atomic E-state index is -1.42. The van der Waals surface area contributed by atoms with Gasteiger partial charge in [0.25, 0.3) is 0 Å². The molecule has 1 saturated carbocycles. The van der Waals surface area contributed by atoms with Gasteiger partial charge in [0, 0.05) is 44.6 Å². The molecule has 3 heterocycles. The van der Waals surface area contributed by atoms with E-state index < -0.39 is 60.7 Å². The lowest BCUT2D eigenvalue weighted by Crippen LogP contribution is -2.59. The molecule has 0 spiro atoms. The number of hydrogen-bond donors (Lipinski definition) is 8. The third-order valence-electron chi connectivity index (χ3n) is 8.59. The molecular weight excluding hydrogens is 541 g/mol. The summed E-state index contributed by atoms with van der Waals surface area (Å²) in [6, 6.07) is -0.875. The number of ether oxygens (including phenoxy) is 4. The van der Waals surface area contributed by atoms with Crippen LogP contribution in [0.1, 0.15) is 57.8 Å². The summed E-state index contributed by atoms with van der Waals surface area (Å²) in [6.07, 6.45) is -1.25. The fraction of sp³-hybridized carbons (Fsp3) is 0.963. The van der Waals surface area contributed by atoms with Crippen LogP contribution in [-0.4, -0.2) is 128 Å². The van der Waals surface area contributed by atoms with Crippen molar-refractivity contribution in [2.75, 3.05) is 39.3 Å². The van der Waals surface area contributed by atoms with Crippen LogP contribution < -0.4 is 27.4 Å². The molecule has 0 aromatic rings. The van der Waals surface area contributed by atoms with Gasteiger partial charge in [-0.3, -0.25) is 4.79 Å². The fourth-order valence-corrected chi connectivity index (χ4v) is 6.18. The molecule has 10 N–H and O–H groups in total. The highest BCUT2D eigenvalue weighted by molar-refractivity contribution is 5.76. The summed E-state index contributed by atoms with van der Waals surface area (Å²) in [7, 11) is 0. The van der Waals surface area contributed by atoms with Gasteiger partial charge < -0.3 is 61.7 Å². The Bertz CT molecular complexity index is 812. The molecule has 238 valence electrons. The summed E-state index contributed by atoms with van der Waals surface area (Å²) in [5.41, 5.74) is 11.1. The zero-order valence-electron chi connectivity index (χ0n) is 23.8. The summed E-state index contributed by atoms with van der Waals surface area (Å²) < 4.78 is 38.3. The van der Waals surface area contributed by atoms with Crippen molar-refractivity contribution in [1.82, 2.24) is 16.0 Å². The number of rotatable bonds is 13. The number of aliphatic hydroxyl groups is 3. The van der Waals surface area contributed by atoms with Crippen molar-refractivity contribution in [2.45, 2.75) is 125 Å². The highest BCUT2D eigenvalue weighted by Crippen LogP contribution is 2.32. The molecule has 4 aliphatic rings. The van der Waals surface area contributed by atoms with Crippen molar-refractivity contribution in [3.05, 3.63) is 0 Å². The summed E-state index contributed by atoms with van der Waals surface area (Å²) in [5, 5.41) is 40.1. The molecule has 1 amide bonds. The molecular formula is C27H50FN5O8. The number of hydrogen-bond acceptors (Lipinski definition) is 12. The van der Waals surface area contributed by atoms with Crippen molar-refractivity contribution >= 4 is 5.91 Å². The summed E-state index contributed by atoms with van der Waals surface area (Å²) in [4.78, 5) is 12.4. The number of nitrogens with two attached hydrogens (primary N) is 2. The van der Waals surface area contributed by atoms with Crippen molar-refractivity contribution in [2.24, 2.45) is 11.5 Å². The van der Waals surface area contributed by atoms with Crippen LogP contribution in [0.5, 0.6) is 0 Å². The van der Waals surface area contributed by atoms with Crippen LogP contribution in [0, 0.1) is 0 Å². The predicted octanol–water partition coefficient (Wildman–Crippen LogP) is -1.88. The third-order valence-corrected chi connectivity index (χ3v) is 8.59. The minimum Gasteiger partial charge on any atom is -0.394 e. The Labute approximate surface area is 241 Å². The van der Waals surface area contributed by atoms with Gasteiger partial charge in [-0.05, 0) is 51.6 Å². The maximum Gasteiger partial charge on any atom is 0.223 e. The number of alkyl halides is 1. The second-order valence-corrected chi connectivity index (χ2v) is 12.0. The first-order valence-corrected chi connectivity index (χ1v) is 15.1. The van der Waals surface area contributed by atoms with Crippen molar-refractivity contribution in [3.63, 3.8) is 0 Å². The van der Waals surface area contributed by atoms with Crippen LogP contribution in [0.4, 0.5) is 4.39 Å². The Morgan fingerprint density at radius 3 is 2.56 bits per heavy atom. The number of piperidine rings is 1. The number of aliphatic hydroxyl groups excluding tert-OH is 2. The van der Waals surface area contributed by atoms with E-state index in [0.29, 0.717) is 64.5 Å². The van der Waals surface area contributed by atoms with Gasteiger partial charge in [-0.2, -0.15) is 0 Å². The number of halogens is 1. The topological polar surface area (TPSA) is 203 Å². The molecule has 4 rings (SSSR count). The van der Waals surface area contributed by atoms with Gasteiger partial charge in [-0.15, -0.1) is 0 Å². The standard InChI is InChI=1S/C27H50FN5O8/c28-16(12-29)9-23(36)33-17-10-19(30)26(21(11-17)39-24-3-1-18(14-34)38-24)41-25-4-2-20(35)22(40-25)13-32-15-27(37)5-7-31-8-6-27/h16-22,24-26,31-32,34-35,37H,1-15,29-30H2,(H,33,36)/t16?,17?,18?,19?,20-,21?,22?,24?,25+,26+/m0/s1. The van der Waals surface area contributed by atoms with Crippen molar-refractivity contribution in [3.8, 4) is 0 Å². The maximum atomic E-state index is 13.7. The van der Waals surface area contributed by atoms with E-state index in [2.05, 4.69) is 16.0 Å². The van der Waals surface area contributed by atoms with Crippen LogP contribution in [0.25, 0.3) is 0 Å². The third kappa shape index (κ3) is 9.73. The van der Waals surface area contributed by atoms with E-state index in [1.807, 2.05) is 0 Å². The number of amides is 1. The first-order valence-electron chi connectivity index (χ1n) is 15.1. The van der Waals surface area contributed by atoms with Crippen molar-refractivity contribution in [1.29, 1.82) is 0 Å². The monoisotopic (exact) mass is 591 g/mol. The molecule has 4 fully saturated rings. The Morgan fingerprint density at radius 2 is 1.85 bits per heavy atom. The van der Waals surface area contributed by atoms with Gasteiger partial charge in [-0.1, -0.05) is 0 Å². The Balaban J connectivity index is 1.34. The smallest absolute Gasteiger partial charge is 0.223 e. The highest BCUT2D eigenvalue weighted by atomic mass is 19.1. The molecule has 3 aliphatic heterocycles. The Hall–Kier alpha value is -1.04. The maximum absolute atomic E-state index is 13.7. The van der Waals surface area contributed by atoms with E-state index >= 15 is 0 Å². The van der Waals surface area contributed by atoms with Gasteiger partial charge in [0.1, 0.15) is 12.3 Å². The molecule has 1 aliphatic carbocycles. The van der Waals surface area contributed by atoms with E-state index in [-0.39, 0.29) is 31.7 Å². The normalized spacial score (nSPS) is 38.4. The van der Waals surface area contributed by atoms with E-state index in [0.717, 1.165) is 13.1 Å². The average molecular weight is 592 g/mol. The molecule has 13 nitrogen and oxygen atoms in total. The van der Waals surface area contributed by atoms with Gasteiger partial charge in [0.2, 0.25) is 5.91 Å². The molecule has 0 aromatic carbocycles. The lowest BCUT2D eigenvalue weighted by molar-refractivity contribution is -0.274.